The van der Waals surface area contributed by atoms with Crippen LogP contribution in [0.3, 0.4) is 0 Å². The van der Waals surface area contributed by atoms with E-state index < -0.39 is 11.4 Å². The lowest BCUT2D eigenvalue weighted by Crippen LogP contribution is -2.45. The minimum Gasteiger partial charge on any atom is -0.478 e. The highest BCUT2D eigenvalue weighted by Crippen LogP contribution is 2.43. The van der Waals surface area contributed by atoms with E-state index in [4.69, 9.17) is 28.2 Å². The molecule has 9 heteroatoms. The van der Waals surface area contributed by atoms with Crippen LogP contribution in [-0.2, 0) is 21.4 Å². The Morgan fingerprint density at radius 2 is 1.85 bits per heavy atom. The monoisotopic (exact) mass is 575 g/mol. The Balaban J connectivity index is 1.52. The lowest BCUT2D eigenvalue weighted by atomic mass is 9.74. The fraction of sp³-hybridized carbons (Fsp3) is 0.133. The molecule has 39 heavy (non-hydrogen) atoms. The van der Waals surface area contributed by atoms with Crippen LogP contribution in [-0.4, -0.2) is 33.5 Å². The van der Waals surface area contributed by atoms with E-state index in [1.165, 1.54) is 11.3 Å². The number of hydrogen-bond acceptors (Lipinski definition) is 5. The number of benzene rings is 2. The van der Waals surface area contributed by atoms with Crippen LogP contribution >= 0.6 is 34.5 Å². The lowest BCUT2D eigenvalue weighted by molar-refractivity contribution is -0.133. The number of carbonyl (C=O) groups excluding carboxylic acids is 1. The van der Waals surface area contributed by atoms with Gasteiger partial charge in [-0.25, -0.2) is 9.78 Å². The van der Waals surface area contributed by atoms with Gasteiger partial charge in [0.05, 0.1) is 15.7 Å². The molecule has 196 valence electrons. The van der Waals surface area contributed by atoms with Crippen LogP contribution in [0.15, 0.2) is 96.2 Å². The zero-order valence-electron chi connectivity index (χ0n) is 20.6. The second-order valence-electron chi connectivity index (χ2n) is 9.08. The van der Waals surface area contributed by atoms with Crippen molar-refractivity contribution in [2.24, 2.45) is 0 Å². The molecule has 0 saturated carbocycles. The molecule has 6 nitrogen and oxygen atoms in total. The van der Waals surface area contributed by atoms with Crippen molar-refractivity contribution >= 4 is 52.0 Å². The van der Waals surface area contributed by atoms with Crippen molar-refractivity contribution in [3.8, 4) is 11.3 Å². The number of carboxylic acid groups (broad SMARTS) is 1. The Bertz CT molecular complexity index is 1590. The number of hydrogen-bond donors (Lipinski definition) is 2. The highest BCUT2D eigenvalue weighted by molar-refractivity contribution is 7.10. The Hall–Kier alpha value is -3.78. The van der Waals surface area contributed by atoms with Gasteiger partial charge in [0, 0.05) is 41.9 Å². The van der Waals surface area contributed by atoms with Gasteiger partial charge in [-0.3, -0.25) is 9.78 Å². The van der Waals surface area contributed by atoms with Gasteiger partial charge < -0.3 is 10.4 Å². The number of carboxylic acids is 1. The third kappa shape index (κ3) is 5.66. The number of carbonyl (C=O) groups is 2. The van der Waals surface area contributed by atoms with Crippen molar-refractivity contribution in [2.75, 3.05) is 6.54 Å². The van der Waals surface area contributed by atoms with Gasteiger partial charge in [-0.2, -0.15) is 0 Å². The Kier molecular flexibility index (Phi) is 7.93. The highest BCUT2D eigenvalue weighted by atomic mass is 35.5. The van der Waals surface area contributed by atoms with Crippen LogP contribution in [0.25, 0.3) is 16.8 Å². The van der Waals surface area contributed by atoms with E-state index in [0.29, 0.717) is 39.3 Å². The largest absolute Gasteiger partial charge is 0.478 e. The number of amides is 1. The van der Waals surface area contributed by atoms with E-state index in [1.54, 1.807) is 42.7 Å². The number of nitrogens with zero attached hydrogens (tertiary/aromatic N) is 2. The van der Waals surface area contributed by atoms with E-state index in [2.05, 4.69) is 10.3 Å². The average molecular weight is 577 g/mol. The van der Waals surface area contributed by atoms with Crippen molar-refractivity contribution in [3.63, 3.8) is 0 Å². The van der Waals surface area contributed by atoms with E-state index in [1.807, 2.05) is 47.8 Å². The molecule has 1 amide bonds. The number of halogens is 2. The second-order valence-corrected chi connectivity index (χ2v) is 10.8. The Morgan fingerprint density at radius 1 is 1.03 bits per heavy atom. The fourth-order valence-corrected chi connectivity index (χ4v) is 5.83. The molecule has 2 aromatic heterocycles. The van der Waals surface area contributed by atoms with Crippen molar-refractivity contribution in [1.29, 1.82) is 0 Å². The van der Waals surface area contributed by atoms with Crippen LogP contribution in [0.4, 0.5) is 0 Å². The average Bonchev–Trinajstić information content (AvgIpc) is 3.46. The number of aromatic nitrogens is 2. The number of nitrogens with one attached hydrogen (secondary N) is 1. The summed E-state index contributed by atoms with van der Waals surface area (Å²) in [6.45, 7) is 0.364. The van der Waals surface area contributed by atoms with E-state index in [9.17, 15) is 14.7 Å². The molecule has 1 aliphatic rings. The standard InChI is InChI=1S/C30H23Cl2N3O3S/c31-24-9-8-21(15-25(24)32)26-18-39-29(35-26)30(28(38)34-14-11-19-5-4-13-33-17-19)12-10-22(23(16-30)27(36)37)20-6-2-1-3-7-20/h1-10,12-13,15,17-18H,11,14,16H2,(H,34,38)(H,36,37). The number of thiazole rings is 1. The lowest BCUT2D eigenvalue weighted by Gasteiger charge is -2.31. The molecule has 0 spiro atoms. The normalized spacial score (nSPS) is 16.8. The topological polar surface area (TPSA) is 92.2 Å². The molecular weight excluding hydrogens is 553 g/mol. The van der Waals surface area contributed by atoms with Crippen LogP contribution < -0.4 is 5.32 Å². The molecule has 1 unspecified atom stereocenters. The summed E-state index contributed by atoms with van der Waals surface area (Å²) >= 11 is 13.6. The molecule has 2 heterocycles. The molecular formula is C30H23Cl2N3O3S. The highest BCUT2D eigenvalue weighted by Gasteiger charge is 2.45. The summed E-state index contributed by atoms with van der Waals surface area (Å²) < 4.78 is 0. The summed E-state index contributed by atoms with van der Waals surface area (Å²) in [5.41, 5.74) is 2.55. The van der Waals surface area contributed by atoms with Crippen molar-refractivity contribution in [3.05, 3.63) is 122 Å². The molecule has 2 N–H and O–H groups in total. The van der Waals surface area contributed by atoms with Gasteiger partial charge in [-0.1, -0.05) is 77.8 Å². The summed E-state index contributed by atoms with van der Waals surface area (Å²) in [4.78, 5) is 35.3. The minimum absolute atomic E-state index is 0.0455. The summed E-state index contributed by atoms with van der Waals surface area (Å²) in [6.07, 6.45) is 7.49. The smallest absolute Gasteiger partial charge is 0.332 e. The Morgan fingerprint density at radius 3 is 2.56 bits per heavy atom. The summed E-state index contributed by atoms with van der Waals surface area (Å²) in [6, 6.07) is 18.3. The van der Waals surface area contributed by atoms with Gasteiger partial charge in [0.1, 0.15) is 10.4 Å². The zero-order valence-corrected chi connectivity index (χ0v) is 22.9. The summed E-state index contributed by atoms with van der Waals surface area (Å²) in [7, 11) is 0. The van der Waals surface area contributed by atoms with Crippen molar-refractivity contribution < 1.29 is 14.7 Å². The maximum Gasteiger partial charge on any atom is 0.332 e. The summed E-state index contributed by atoms with van der Waals surface area (Å²) in [5, 5.41) is 16.4. The number of aliphatic carboxylic acids is 1. The first kappa shape index (κ1) is 26.8. The van der Waals surface area contributed by atoms with E-state index in [-0.39, 0.29) is 17.9 Å². The predicted molar refractivity (Wildman–Crippen MR) is 155 cm³/mol. The summed E-state index contributed by atoms with van der Waals surface area (Å²) in [5.74, 6) is -1.39. The number of rotatable bonds is 8. The van der Waals surface area contributed by atoms with Gasteiger partial charge in [-0.15, -0.1) is 11.3 Å². The molecule has 0 saturated heterocycles. The van der Waals surface area contributed by atoms with Gasteiger partial charge >= 0.3 is 5.97 Å². The molecule has 0 fully saturated rings. The minimum atomic E-state index is -1.31. The van der Waals surface area contributed by atoms with Gasteiger partial charge in [0.15, 0.2) is 0 Å². The van der Waals surface area contributed by atoms with Crippen molar-refractivity contribution in [2.45, 2.75) is 18.3 Å². The van der Waals surface area contributed by atoms with Crippen LogP contribution in [0.5, 0.6) is 0 Å². The molecule has 0 radical (unpaired) electrons. The SMILES string of the molecule is O=C(O)C1=C(c2ccccc2)C=CC(C(=O)NCCc2cccnc2)(c2nc(-c3ccc(Cl)c(Cl)c3)cs2)C1. The molecule has 0 bridgehead atoms. The molecule has 0 aliphatic heterocycles. The third-order valence-electron chi connectivity index (χ3n) is 6.59. The molecule has 2 aromatic carbocycles. The van der Waals surface area contributed by atoms with Crippen LogP contribution in [0.2, 0.25) is 10.0 Å². The van der Waals surface area contributed by atoms with Gasteiger partial charge in [0.2, 0.25) is 5.91 Å². The maximum absolute atomic E-state index is 13.9. The second kappa shape index (κ2) is 11.5. The van der Waals surface area contributed by atoms with Crippen molar-refractivity contribution in [1.82, 2.24) is 15.3 Å². The van der Waals surface area contributed by atoms with Crippen LogP contribution in [0.1, 0.15) is 22.6 Å². The van der Waals surface area contributed by atoms with Gasteiger partial charge in [-0.05, 0) is 41.3 Å². The quantitative estimate of drug-likeness (QED) is 0.246. The molecule has 1 aliphatic carbocycles. The van der Waals surface area contributed by atoms with Crippen LogP contribution in [0, 0.1) is 0 Å². The van der Waals surface area contributed by atoms with E-state index >= 15 is 0 Å². The number of allylic oxidation sites excluding steroid dienone is 2. The number of pyridine rings is 1. The molecule has 1 atom stereocenters. The Labute approximate surface area is 239 Å². The molecule has 5 rings (SSSR count). The zero-order chi connectivity index (χ0) is 27.4. The van der Waals surface area contributed by atoms with E-state index in [0.717, 1.165) is 16.7 Å². The predicted octanol–water partition coefficient (Wildman–Crippen LogP) is 6.61. The fourth-order valence-electron chi connectivity index (χ4n) is 4.53. The third-order valence-corrected chi connectivity index (χ3v) is 8.35. The first-order valence-electron chi connectivity index (χ1n) is 12.2. The van der Waals surface area contributed by atoms with Gasteiger partial charge in [0.25, 0.3) is 0 Å². The molecule has 4 aromatic rings. The first-order valence-corrected chi connectivity index (χ1v) is 13.8. The first-order chi connectivity index (χ1) is 18.9. The maximum atomic E-state index is 13.9.